The molecule has 1 aliphatic heterocycles. The van der Waals surface area contributed by atoms with Gasteiger partial charge in [-0.3, -0.25) is 19.8 Å². The first-order valence-corrected chi connectivity index (χ1v) is 11.5. The van der Waals surface area contributed by atoms with E-state index in [1.807, 2.05) is 30.3 Å². The monoisotopic (exact) mass is 484 g/mol. The Bertz CT molecular complexity index is 1480. The summed E-state index contributed by atoms with van der Waals surface area (Å²) in [7, 11) is 0. The number of hydrogen-bond acceptors (Lipinski definition) is 6. The molecule has 3 heterocycles. The van der Waals surface area contributed by atoms with Gasteiger partial charge in [0.1, 0.15) is 17.0 Å². The summed E-state index contributed by atoms with van der Waals surface area (Å²) in [4.78, 5) is 45.8. The minimum Gasteiger partial charge on any atom is -0.444 e. The van der Waals surface area contributed by atoms with Gasteiger partial charge in [-0.05, 0) is 57.7 Å². The lowest BCUT2D eigenvalue weighted by Crippen LogP contribution is -2.27. The van der Waals surface area contributed by atoms with E-state index in [0.29, 0.717) is 17.0 Å². The number of hydrogen-bond donors (Lipinski definition) is 3. The number of imide groups is 1. The summed E-state index contributed by atoms with van der Waals surface area (Å²) < 4.78 is 7.14. The molecular weight excluding hydrogens is 460 g/mol. The Morgan fingerprint density at radius 3 is 2.53 bits per heavy atom. The quantitative estimate of drug-likeness (QED) is 0.297. The first kappa shape index (κ1) is 23.1. The van der Waals surface area contributed by atoms with Gasteiger partial charge in [-0.2, -0.15) is 0 Å². The summed E-state index contributed by atoms with van der Waals surface area (Å²) in [5.74, 6) is 5.95. The molecule has 1 aliphatic carbocycles. The number of carbonyl (C=O) groups is 3. The van der Waals surface area contributed by atoms with Gasteiger partial charge in [0, 0.05) is 17.7 Å². The number of urea groups is 1. The highest BCUT2D eigenvalue weighted by molar-refractivity contribution is 6.14. The van der Waals surface area contributed by atoms with Crippen LogP contribution < -0.4 is 16.0 Å². The Labute approximate surface area is 207 Å². The van der Waals surface area contributed by atoms with Crippen molar-refractivity contribution in [2.45, 2.75) is 45.1 Å². The van der Waals surface area contributed by atoms with E-state index >= 15 is 0 Å². The van der Waals surface area contributed by atoms with Crippen LogP contribution in [-0.2, 0) is 9.53 Å². The number of aromatic nitrogens is 3. The number of rotatable bonds is 3. The lowest BCUT2D eigenvalue weighted by atomic mass is 10.2. The maximum atomic E-state index is 12.6. The number of imidazole rings is 1. The lowest BCUT2D eigenvalue weighted by Gasteiger charge is -2.19. The van der Waals surface area contributed by atoms with Gasteiger partial charge in [0.05, 0.1) is 11.4 Å². The summed E-state index contributed by atoms with van der Waals surface area (Å²) in [5.41, 5.74) is 2.32. The highest BCUT2D eigenvalue weighted by atomic mass is 16.6. The summed E-state index contributed by atoms with van der Waals surface area (Å²) in [6, 6.07) is 8.85. The summed E-state index contributed by atoms with van der Waals surface area (Å²) in [6.45, 7) is 5.30. The van der Waals surface area contributed by atoms with Gasteiger partial charge in [-0.15, -0.1) is 0 Å². The number of anilines is 1. The standard InChI is InChI=1S/C26H24N6O4/c1-26(2,3)36-25(35)30-21-22-29-20(16-10-11-16)19(13-18-23(33)31-24(34)28-18)32(22)14-17(27-21)12-9-15-7-5-4-6-8-15/h4-8,13-14,16H,10-11H2,1-3H3,(H,27,30,35)(H2,28,31,33,34)/b18-13-. The second-order valence-electron chi connectivity index (χ2n) is 9.53. The number of amides is 4. The van der Waals surface area contributed by atoms with Crippen molar-refractivity contribution in [2.24, 2.45) is 0 Å². The SMILES string of the molecule is CC(C)(C)OC(=O)Nc1nc(C#Cc2ccccc2)cn2c(/C=C3\NC(=O)NC3=O)c(C3CC3)nc12. The molecule has 1 saturated carbocycles. The fourth-order valence-corrected chi connectivity index (χ4v) is 3.70. The number of nitrogens with one attached hydrogen (secondary N) is 3. The Balaban J connectivity index is 1.66. The van der Waals surface area contributed by atoms with Gasteiger partial charge < -0.3 is 10.1 Å². The fourth-order valence-electron chi connectivity index (χ4n) is 3.70. The van der Waals surface area contributed by atoms with Crippen LogP contribution in [0, 0.1) is 11.8 Å². The van der Waals surface area contributed by atoms with Crippen molar-refractivity contribution in [3.8, 4) is 11.8 Å². The second kappa shape index (κ2) is 8.85. The minimum absolute atomic E-state index is 0.110. The smallest absolute Gasteiger partial charge is 0.413 e. The first-order chi connectivity index (χ1) is 17.2. The van der Waals surface area contributed by atoms with E-state index in [4.69, 9.17) is 9.72 Å². The third-order valence-electron chi connectivity index (χ3n) is 5.36. The summed E-state index contributed by atoms with van der Waals surface area (Å²) in [6.07, 6.45) is 4.50. The van der Waals surface area contributed by atoms with Crippen molar-refractivity contribution in [3.63, 3.8) is 0 Å². The zero-order chi connectivity index (χ0) is 25.4. The third kappa shape index (κ3) is 5.05. The molecule has 0 bridgehead atoms. The number of ether oxygens (including phenoxy) is 1. The molecule has 10 heteroatoms. The van der Waals surface area contributed by atoms with Crippen molar-refractivity contribution in [1.29, 1.82) is 0 Å². The molecule has 0 spiro atoms. The van der Waals surface area contributed by atoms with Crippen molar-refractivity contribution >= 4 is 35.6 Å². The number of benzene rings is 1. The zero-order valence-corrected chi connectivity index (χ0v) is 20.0. The Morgan fingerprint density at radius 1 is 1.14 bits per heavy atom. The van der Waals surface area contributed by atoms with Gasteiger partial charge in [0.25, 0.3) is 5.91 Å². The normalized spacial score (nSPS) is 16.4. The van der Waals surface area contributed by atoms with Gasteiger partial charge in [0.15, 0.2) is 11.5 Å². The van der Waals surface area contributed by atoms with Crippen LogP contribution in [0.4, 0.5) is 15.4 Å². The van der Waals surface area contributed by atoms with Crippen LogP contribution in [0.1, 0.15) is 62.2 Å². The van der Waals surface area contributed by atoms with E-state index in [2.05, 4.69) is 32.8 Å². The molecule has 5 rings (SSSR count). The van der Waals surface area contributed by atoms with Crippen LogP contribution in [0.3, 0.4) is 0 Å². The van der Waals surface area contributed by atoms with Crippen molar-refractivity contribution in [2.75, 3.05) is 5.32 Å². The molecule has 1 saturated heterocycles. The molecule has 1 aromatic carbocycles. The average Bonchev–Trinajstić information content (AvgIpc) is 3.51. The molecule has 10 nitrogen and oxygen atoms in total. The molecule has 3 aromatic rings. The molecule has 0 radical (unpaired) electrons. The molecule has 0 unspecified atom stereocenters. The molecule has 182 valence electrons. The summed E-state index contributed by atoms with van der Waals surface area (Å²) in [5, 5.41) is 7.42. The molecule has 2 aromatic heterocycles. The van der Waals surface area contributed by atoms with Crippen molar-refractivity contribution < 1.29 is 19.1 Å². The predicted molar refractivity (Wildman–Crippen MR) is 132 cm³/mol. The van der Waals surface area contributed by atoms with E-state index in [1.54, 1.807) is 37.4 Å². The highest BCUT2D eigenvalue weighted by Crippen LogP contribution is 2.42. The predicted octanol–water partition coefficient (Wildman–Crippen LogP) is 3.53. The fraction of sp³-hybridized carbons (Fsp3) is 0.269. The Hall–Kier alpha value is -4.65. The number of carbonyl (C=O) groups excluding carboxylic acids is 3. The third-order valence-corrected chi connectivity index (χ3v) is 5.36. The lowest BCUT2D eigenvalue weighted by molar-refractivity contribution is -0.115. The van der Waals surface area contributed by atoms with Crippen LogP contribution >= 0.6 is 0 Å². The van der Waals surface area contributed by atoms with Crippen LogP contribution in [0.2, 0.25) is 0 Å². The van der Waals surface area contributed by atoms with Crippen LogP contribution in [-0.4, -0.2) is 38.0 Å². The molecule has 4 amide bonds. The molecule has 0 atom stereocenters. The van der Waals surface area contributed by atoms with E-state index < -0.39 is 23.6 Å². The number of fused-ring (bicyclic) bond motifs is 1. The number of nitrogens with zero attached hydrogens (tertiary/aromatic N) is 3. The van der Waals surface area contributed by atoms with Gasteiger partial charge in [-0.25, -0.2) is 19.6 Å². The summed E-state index contributed by atoms with van der Waals surface area (Å²) >= 11 is 0. The molecule has 2 fully saturated rings. The average molecular weight is 485 g/mol. The Morgan fingerprint density at radius 2 is 1.89 bits per heavy atom. The largest absolute Gasteiger partial charge is 0.444 e. The van der Waals surface area contributed by atoms with Gasteiger partial charge >= 0.3 is 12.1 Å². The van der Waals surface area contributed by atoms with Crippen molar-refractivity contribution in [1.82, 2.24) is 25.0 Å². The molecule has 3 N–H and O–H groups in total. The van der Waals surface area contributed by atoms with Crippen LogP contribution in [0.15, 0.2) is 42.2 Å². The van der Waals surface area contributed by atoms with Gasteiger partial charge in [0.2, 0.25) is 0 Å². The van der Waals surface area contributed by atoms with E-state index in [9.17, 15) is 14.4 Å². The zero-order valence-electron chi connectivity index (χ0n) is 20.0. The maximum absolute atomic E-state index is 12.6. The first-order valence-electron chi connectivity index (χ1n) is 11.5. The van der Waals surface area contributed by atoms with Crippen LogP contribution in [0.25, 0.3) is 11.7 Å². The Kier molecular flexibility index (Phi) is 5.68. The van der Waals surface area contributed by atoms with E-state index in [0.717, 1.165) is 24.1 Å². The maximum Gasteiger partial charge on any atom is 0.413 e. The second-order valence-corrected chi connectivity index (χ2v) is 9.53. The topological polar surface area (TPSA) is 127 Å². The molecule has 36 heavy (non-hydrogen) atoms. The molecular formula is C26H24N6O4. The van der Waals surface area contributed by atoms with Crippen molar-refractivity contribution in [3.05, 3.63) is 64.9 Å². The highest BCUT2D eigenvalue weighted by Gasteiger charge is 2.32. The van der Waals surface area contributed by atoms with Crippen LogP contribution in [0.5, 0.6) is 0 Å². The minimum atomic E-state index is -0.705. The van der Waals surface area contributed by atoms with Gasteiger partial charge in [-0.1, -0.05) is 24.1 Å². The van der Waals surface area contributed by atoms with E-state index in [1.165, 1.54) is 0 Å². The molecule has 2 aliphatic rings. The van der Waals surface area contributed by atoms with E-state index in [-0.39, 0.29) is 17.4 Å².